The summed E-state index contributed by atoms with van der Waals surface area (Å²) < 4.78 is 1.93. The van der Waals surface area contributed by atoms with Gasteiger partial charge in [0, 0.05) is 17.9 Å². The molecule has 0 amide bonds. The van der Waals surface area contributed by atoms with Crippen LogP contribution >= 0.6 is 11.9 Å². The summed E-state index contributed by atoms with van der Waals surface area (Å²) in [4.78, 5) is 18.5. The molecule has 1 aliphatic rings. The number of benzene rings is 2. The summed E-state index contributed by atoms with van der Waals surface area (Å²) in [6.45, 7) is 0. The van der Waals surface area contributed by atoms with Crippen LogP contribution in [0.25, 0.3) is 22.2 Å². The first-order chi connectivity index (χ1) is 13.7. The Hall–Kier alpha value is -2.15. The summed E-state index contributed by atoms with van der Waals surface area (Å²) in [6.07, 6.45) is 9.65. The molecule has 2 aromatic carbocycles. The number of rotatable bonds is 5. The van der Waals surface area contributed by atoms with Crippen molar-refractivity contribution in [3.63, 3.8) is 0 Å². The molecule has 1 fully saturated rings. The second-order valence-corrected chi connectivity index (χ2v) is 8.11. The van der Waals surface area contributed by atoms with Gasteiger partial charge < -0.3 is 4.57 Å². The van der Waals surface area contributed by atoms with Crippen LogP contribution in [0.2, 0.25) is 0 Å². The van der Waals surface area contributed by atoms with E-state index in [9.17, 15) is 4.79 Å². The van der Waals surface area contributed by atoms with Crippen LogP contribution in [-0.2, 0) is 7.05 Å². The standard InChI is InChI=1S/C15H12N2O.C7H16N2S/c1-17-10-16-15-13(9-18)7-12(8-14(15)17)11-5-3-2-4-6-11;1-8-9-10-7-5-3-2-4-6-7/h2-10H,1H3;7-9H,2-6H2,1H3. The molecule has 1 aromatic heterocycles. The maximum Gasteiger partial charge on any atom is 0.152 e. The third-order valence-electron chi connectivity index (χ3n) is 4.97. The van der Waals surface area contributed by atoms with Crippen LogP contribution < -0.4 is 10.3 Å². The van der Waals surface area contributed by atoms with Crippen LogP contribution in [0.15, 0.2) is 48.8 Å². The molecule has 1 saturated carbocycles. The molecule has 0 bridgehead atoms. The number of nitrogens with zero attached hydrogens (tertiary/aromatic N) is 2. The monoisotopic (exact) mass is 396 g/mol. The Morgan fingerprint density at radius 1 is 1.11 bits per heavy atom. The van der Waals surface area contributed by atoms with Crippen LogP contribution in [0.1, 0.15) is 42.5 Å². The van der Waals surface area contributed by atoms with E-state index in [-0.39, 0.29) is 0 Å². The molecule has 2 N–H and O–H groups in total. The van der Waals surface area contributed by atoms with Gasteiger partial charge in [-0.2, -0.15) is 0 Å². The van der Waals surface area contributed by atoms with Crippen molar-refractivity contribution in [2.45, 2.75) is 37.4 Å². The third-order valence-corrected chi connectivity index (χ3v) is 6.10. The van der Waals surface area contributed by atoms with Crippen molar-refractivity contribution >= 4 is 29.3 Å². The molecule has 28 heavy (non-hydrogen) atoms. The van der Waals surface area contributed by atoms with Crippen molar-refractivity contribution in [1.82, 2.24) is 19.8 Å². The largest absolute Gasteiger partial charge is 0.334 e. The molecular weight excluding hydrogens is 368 g/mol. The Bertz CT molecular complexity index is 888. The molecule has 0 aliphatic heterocycles. The smallest absolute Gasteiger partial charge is 0.152 e. The molecule has 0 saturated heterocycles. The van der Waals surface area contributed by atoms with Crippen LogP contribution in [0.3, 0.4) is 0 Å². The Morgan fingerprint density at radius 2 is 1.86 bits per heavy atom. The second kappa shape index (κ2) is 10.4. The average molecular weight is 397 g/mol. The zero-order valence-corrected chi connectivity index (χ0v) is 17.3. The minimum Gasteiger partial charge on any atom is -0.334 e. The molecule has 0 atom stereocenters. The van der Waals surface area contributed by atoms with Gasteiger partial charge in [-0.15, -0.1) is 0 Å². The van der Waals surface area contributed by atoms with Crippen LogP contribution in [-0.4, -0.2) is 28.1 Å². The van der Waals surface area contributed by atoms with E-state index in [0.29, 0.717) is 5.56 Å². The number of carbonyl (C=O) groups excluding carboxylic acids is 1. The summed E-state index contributed by atoms with van der Waals surface area (Å²) in [5.41, 5.74) is 7.42. The zero-order chi connectivity index (χ0) is 19.8. The highest BCUT2D eigenvalue weighted by molar-refractivity contribution is 7.97. The highest BCUT2D eigenvalue weighted by Crippen LogP contribution is 2.26. The molecule has 1 heterocycles. The number of hydrogen-bond donors (Lipinski definition) is 2. The van der Waals surface area contributed by atoms with E-state index in [1.54, 1.807) is 6.33 Å². The van der Waals surface area contributed by atoms with E-state index >= 15 is 0 Å². The van der Waals surface area contributed by atoms with Gasteiger partial charge in [-0.1, -0.05) is 61.5 Å². The first kappa shape index (κ1) is 20.6. The lowest BCUT2D eigenvalue weighted by Crippen LogP contribution is -2.24. The number of aromatic nitrogens is 2. The van der Waals surface area contributed by atoms with Gasteiger partial charge in [-0.25, -0.2) is 9.82 Å². The number of fused-ring (bicyclic) bond motifs is 1. The molecule has 0 spiro atoms. The minimum absolute atomic E-state index is 0.631. The van der Waals surface area contributed by atoms with Gasteiger partial charge in [-0.05, 0) is 43.1 Å². The SMILES string of the molecule is CNNSC1CCCCC1.Cn1cnc2c(C=O)cc(-c3ccccc3)cc21. The van der Waals surface area contributed by atoms with E-state index in [1.807, 2.05) is 67.0 Å². The number of carbonyl (C=O) groups is 1. The van der Waals surface area contributed by atoms with E-state index < -0.39 is 0 Å². The fraction of sp³-hybridized carbons (Fsp3) is 0.364. The van der Waals surface area contributed by atoms with Gasteiger partial charge >= 0.3 is 0 Å². The van der Waals surface area contributed by atoms with Crippen molar-refractivity contribution in [1.29, 1.82) is 0 Å². The lowest BCUT2D eigenvalue weighted by Gasteiger charge is -2.20. The van der Waals surface area contributed by atoms with Crippen molar-refractivity contribution in [2.75, 3.05) is 7.05 Å². The van der Waals surface area contributed by atoms with E-state index in [0.717, 1.165) is 33.7 Å². The van der Waals surface area contributed by atoms with Gasteiger partial charge in [0.2, 0.25) is 0 Å². The van der Waals surface area contributed by atoms with Gasteiger partial charge in [0.1, 0.15) is 0 Å². The van der Waals surface area contributed by atoms with Gasteiger partial charge in [0.05, 0.1) is 17.4 Å². The van der Waals surface area contributed by atoms with Crippen molar-refractivity contribution < 1.29 is 4.79 Å². The predicted molar refractivity (Wildman–Crippen MR) is 118 cm³/mol. The van der Waals surface area contributed by atoms with Crippen molar-refractivity contribution in [3.8, 4) is 11.1 Å². The molecule has 5 nitrogen and oxygen atoms in total. The van der Waals surface area contributed by atoms with Crippen molar-refractivity contribution in [2.24, 2.45) is 7.05 Å². The maximum absolute atomic E-state index is 11.2. The highest BCUT2D eigenvalue weighted by Gasteiger charge is 2.12. The normalized spacial score (nSPS) is 14.5. The number of hydrogen-bond acceptors (Lipinski definition) is 5. The maximum atomic E-state index is 11.2. The van der Waals surface area contributed by atoms with Gasteiger partial charge in [-0.3, -0.25) is 10.2 Å². The highest BCUT2D eigenvalue weighted by atomic mass is 32.2. The fourth-order valence-electron chi connectivity index (χ4n) is 3.47. The number of aryl methyl sites for hydroxylation is 1. The quantitative estimate of drug-likeness (QED) is 0.370. The molecule has 3 aromatic rings. The molecule has 148 valence electrons. The molecular formula is C22H28N4OS. The Labute approximate surface area is 171 Å². The van der Waals surface area contributed by atoms with E-state index in [2.05, 4.69) is 21.3 Å². The Balaban J connectivity index is 0.000000192. The zero-order valence-electron chi connectivity index (χ0n) is 16.5. The van der Waals surface area contributed by atoms with Crippen LogP contribution in [0, 0.1) is 0 Å². The molecule has 4 rings (SSSR count). The van der Waals surface area contributed by atoms with Gasteiger partial charge in [0.25, 0.3) is 0 Å². The minimum atomic E-state index is 0.631. The Morgan fingerprint density at radius 3 is 2.54 bits per heavy atom. The second-order valence-electron chi connectivity index (χ2n) is 7.00. The summed E-state index contributed by atoms with van der Waals surface area (Å²) in [5, 5.41) is 0.848. The topological polar surface area (TPSA) is 58.9 Å². The average Bonchev–Trinajstić information content (AvgIpc) is 3.14. The van der Waals surface area contributed by atoms with Crippen molar-refractivity contribution in [3.05, 3.63) is 54.4 Å². The summed E-state index contributed by atoms with van der Waals surface area (Å²) in [7, 11) is 3.84. The van der Waals surface area contributed by atoms with E-state index in [1.165, 1.54) is 32.1 Å². The first-order valence-corrected chi connectivity index (χ1v) is 10.6. The first-order valence-electron chi connectivity index (χ1n) is 9.76. The summed E-state index contributed by atoms with van der Waals surface area (Å²) >= 11 is 1.84. The molecule has 0 radical (unpaired) electrons. The third kappa shape index (κ3) is 5.22. The van der Waals surface area contributed by atoms with Gasteiger partial charge in [0.15, 0.2) is 6.29 Å². The predicted octanol–water partition coefficient (Wildman–Crippen LogP) is 4.74. The molecule has 6 heteroatoms. The fourth-order valence-corrected chi connectivity index (χ4v) is 4.32. The lowest BCUT2D eigenvalue weighted by molar-refractivity contribution is 0.112. The Kier molecular flexibility index (Phi) is 7.65. The number of hydrazine groups is 1. The van der Waals surface area contributed by atoms with E-state index in [4.69, 9.17) is 0 Å². The molecule has 1 aliphatic carbocycles. The number of aldehydes is 1. The summed E-state index contributed by atoms with van der Waals surface area (Å²) in [6, 6.07) is 14.0. The van der Waals surface area contributed by atoms with Crippen LogP contribution in [0.4, 0.5) is 0 Å². The van der Waals surface area contributed by atoms with Crippen LogP contribution in [0.5, 0.6) is 0 Å². The number of imidazole rings is 1. The molecule has 0 unspecified atom stereocenters. The number of nitrogens with one attached hydrogen (secondary N) is 2. The summed E-state index contributed by atoms with van der Waals surface area (Å²) in [5.74, 6) is 0. The lowest BCUT2D eigenvalue weighted by atomic mass is 10.0.